The van der Waals surface area contributed by atoms with Gasteiger partial charge in [-0.15, -0.1) is 5.10 Å². The maximum atomic E-state index is 11.5. The van der Waals surface area contributed by atoms with E-state index >= 15 is 0 Å². The van der Waals surface area contributed by atoms with Crippen LogP contribution in [-0.2, 0) is 4.79 Å². The normalized spacial score (nSPS) is 17.3. The van der Waals surface area contributed by atoms with Crippen molar-refractivity contribution in [1.29, 1.82) is 0 Å². The summed E-state index contributed by atoms with van der Waals surface area (Å²) in [6.45, 7) is 1.97. The molecule has 16 heavy (non-hydrogen) atoms. The summed E-state index contributed by atoms with van der Waals surface area (Å²) in [5.74, 6) is -0.465. The third-order valence-corrected chi connectivity index (χ3v) is 3.65. The number of rotatable bonds is 5. The molecule has 1 aromatic heterocycles. The van der Waals surface area contributed by atoms with Crippen LogP contribution in [0.2, 0.25) is 0 Å². The van der Waals surface area contributed by atoms with Crippen LogP contribution in [-0.4, -0.2) is 31.6 Å². The molecule has 1 unspecified atom stereocenters. The first-order valence-electron chi connectivity index (χ1n) is 5.11. The predicted octanol–water partition coefficient (Wildman–Crippen LogP) is 0.719. The van der Waals surface area contributed by atoms with Crippen molar-refractivity contribution in [2.75, 3.05) is 5.75 Å². The number of nitrogens with zero attached hydrogens (tertiary/aromatic N) is 2. The Morgan fingerprint density at radius 2 is 2.44 bits per heavy atom. The minimum atomic E-state index is -0.911. The van der Waals surface area contributed by atoms with Crippen LogP contribution < -0.4 is 5.69 Å². The summed E-state index contributed by atoms with van der Waals surface area (Å²) in [5.41, 5.74) is -0.257. The first kappa shape index (κ1) is 11.3. The molecule has 2 rings (SSSR count). The van der Waals surface area contributed by atoms with E-state index in [1.54, 1.807) is 4.57 Å². The Morgan fingerprint density at radius 3 is 3.00 bits per heavy atom. The molecule has 0 bridgehead atoms. The Labute approximate surface area is 96.0 Å². The number of hydrogen-bond acceptors (Lipinski definition) is 4. The lowest BCUT2D eigenvalue weighted by Gasteiger charge is -2.12. The van der Waals surface area contributed by atoms with Gasteiger partial charge in [-0.25, -0.2) is 9.89 Å². The molecule has 0 spiro atoms. The number of aromatic amines is 1. The second-order valence-corrected chi connectivity index (χ2v) is 4.88. The van der Waals surface area contributed by atoms with Gasteiger partial charge in [0, 0.05) is 6.04 Å². The van der Waals surface area contributed by atoms with E-state index in [0.717, 1.165) is 24.6 Å². The summed E-state index contributed by atoms with van der Waals surface area (Å²) >= 11 is 1.07. The van der Waals surface area contributed by atoms with Crippen molar-refractivity contribution in [3.63, 3.8) is 0 Å². The molecule has 0 aromatic carbocycles. The summed E-state index contributed by atoms with van der Waals surface area (Å²) in [6, 6.07) is 0.0996. The summed E-state index contributed by atoms with van der Waals surface area (Å²) in [6.07, 6.45) is 2.25. The minimum absolute atomic E-state index is 0.0817. The second-order valence-electron chi connectivity index (χ2n) is 3.94. The fourth-order valence-electron chi connectivity index (χ4n) is 1.67. The van der Waals surface area contributed by atoms with Crippen LogP contribution in [0.3, 0.4) is 0 Å². The lowest BCUT2D eigenvalue weighted by Crippen LogP contribution is -2.22. The Morgan fingerprint density at radius 1 is 1.75 bits per heavy atom. The average molecular weight is 243 g/mol. The molecule has 0 aliphatic heterocycles. The zero-order valence-electron chi connectivity index (χ0n) is 8.84. The van der Waals surface area contributed by atoms with Gasteiger partial charge in [0.2, 0.25) is 0 Å². The standard InChI is InChI=1S/C9H13N3O3S/c1-5(6-2-3-6)12-8(15)10-11-9(12)16-4-7(13)14/h5-6H,2-4H2,1H3,(H,10,15)(H,13,14). The van der Waals surface area contributed by atoms with Crippen LogP contribution in [0.15, 0.2) is 9.95 Å². The highest BCUT2D eigenvalue weighted by atomic mass is 32.2. The quantitative estimate of drug-likeness (QED) is 0.744. The van der Waals surface area contributed by atoms with Gasteiger partial charge in [-0.05, 0) is 25.7 Å². The number of thioether (sulfide) groups is 1. The SMILES string of the molecule is CC(C1CC1)n1c(SCC(=O)O)n[nH]c1=O. The number of carboxylic acid groups (broad SMARTS) is 1. The fraction of sp³-hybridized carbons (Fsp3) is 0.667. The van der Waals surface area contributed by atoms with E-state index in [2.05, 4.69) is 10.2 Å². The van der Waals surface area contributed by atoms with E-state index in [1.807, 2.05) is 6.92 Å². The largest absolute Gasteiger partial charge is 0.481 e. The minimum Gasteiger partial charge on any atom is -0.481 e. The van der Waals surface area contributed by atoms with E-state index in [9.17, 15) is 9.59 Å². The molecule has 1 aromatic rings. The Kier molecular flexibility index (Phi) is 3.04. The fourth-order valence-corrected chi connectivity index (χ4v) is 2.42. The first-order chi connectivity index (χ1) is 7.59. The van der Waals surface area contributed by atoms with Crippen molar-refractivity contribution in [3.05, 3.63) is 10.5 Å². The number of aliphatic carboxylic acids is 1. The number of nitrogens with one attached hydrogen (secondary N) is 1. The van der Waals surface area contributed by atoms with Crippen LogP contribution in [0.25, 0.3) is 0 Å². The van der Waals surface area contributed by atoms with Gasteiger partial charge >= 0.3 is 11.7 Å². The van der Waals surface area contributed by atoms with Crippen molar-refractivity contribution in [2.45, 2.75) is 31.0 Å². The van der Waals surface area contributed by atoms with Crippen molar-refractivity contribution < 1.29 is 9.90 Å². The van der Waals surface area contributed by atoms with Gasteiger partial charge in [-0.1, -0.05) is 11.8 Å². The maximum Gasteiger partial charge on any atom is 0.344 e. The predicted molar refractivity (Wildman–Crippen MR) is 58.6 cm³/mol. The van der Waals surface area contributed by atoms with Crippen LogP contribution in [0, 0.1) is 5.92 Å². The topological polar surface area (TPSA) is 88.0 Å². The second kappa shape index (κ2) is 4.32. The number of carbonyl (C=O) groups is 1. The molecule has 1 aliphatic rings. The molecule has 7 heteroatoms. The lowest BCUT2D eigenvalue weighted by atomic mass is 10.2. The number of carboxylic acids is 1. The highest BCUT2D eigenvalue weighted by molar-refractivity contribution is 7.99. The Balaban J connectivity index is 2.17. The summed E-state index contributed by atoms with van der Waals surface area (Å²) < 4.78 is 1.56. The van der Waals surface area contributed by atoms with Crippen LogP contribution in [0.1, 0.15) is 25.8 Å². The molecule has 1 atom stereocenters. The molecule has 1 aliphatic carbocycles. The third kappa shape index (κ3) is 2.29. The van der Waals surface area contributed by atoms with E-state index in [-0.39, 0.29) is 17.5 Å². The molecular formula is C9H13N3O3S. The average Bonchev–Trinajstić information content (AvgIpc) is 2.99. The molecular weight excluding hydrogens is 230 g/mol. The summed E-state index contributed by atoms with van der Waals surface area (Å²) in [4.78, 5) is 22.0. The van der Waals surface area contributed by atoms with E-state index in [4.69, 9.17) is 5.11 Å². The smallest absolute Gasteiger partial charge is 0.344 e. The van der Waals surface area contributed by atoms with Crippen molar-refractivity contribution >= 4 is 17.7 Å². The lowest BCUT2D eigenvalue weighted by molar-refractivity contribution is -0.133. The Hall–Kier alpha value is -1.24. The highest BCUT2D eigenvalue weighted by Crippen LogP contribution is 2.39. The van der Waals surface area contributed by atoms with Crippen LogP contribution >= 0.6 is 11.8 Å². The van der Waals surface area contributed by atoms with Crippen molar-refractivity contribution in [3.8, 4) is 0 Å². The molecule has 0 saturated heterocycles. The molecule has 0 radical (unpaired) electrons. The van der Waals surface area contributed by atoms with Gasteiger partial charge in [0.25, 0.3) is 0 Å². The molecule has 2 N–H and O–H groups in total. The molecule has 0 amide bonds. The molecule has 1 heterocycles. The third-order valence-electron chi connectivity index (χ3n) is 2.71. The van der Waals surface area contributed by atoms with E-state index in [0.29, 0.717) is 11.1 Å². The van der Waals surface area contributed by atoms with Crippen molar-refractivity contribution in [2.24, 2.45) is 5.92 Å². The monoisotopic (exact) mass is 243 g/mol. The van der Waals surface area contributed by atoms with Crippen LogP contribution in [0.4, 0.5) is 0 Å². The number of hydrogen-bond donors (Lipinski definition) is 2. The Bertz CT molecular complexity index is 449. The van der Waals surface area contributed by atoms with Gasteiger partial charge in [-0.2, -0.15) is 0 Å². The number of H-pyrrole nitrogens is 1. The molecule has 88 valence electrons. The van der Waals surface area contributed by atoms with Gasteiger partial charge in [0.15, 0.2) is 5.16 Å². The van der Waals surface area contributed by atoms with E-state index in [1.165, 1.54) is 0 Å². The zero-order chi connectivity index (χ0) is 11.7. The molecule has 1 saturated carbocycles. The summed E-state index contributed by atoms with van der Waals surface area (Å²) in [5, 5.41) is 15.3. The van der Waals surface area contributed by atoms with E-state index < -0.39 is 5.97 Å². The van der Waals surface area contributed by atoms with Gasteiger partial charge in [-0.3, -0.25) is 9.36 Å². The highest BCUT2D eigenvalue weighted by Gasteiger charge is 2.31. The molecule has 1 fully saturated rings. The molecule has 6 nitrogen and oxygen atoms in total. The summed E-state index contributed by atoms with van der Waals surface area (Å²) in [7, 11) is 0. The number of aromatic nitrogens is 3. The van der Waals surface area contributed by atoms with Crippen molar-refractivity contribution in [1.82, 2.24) is 14.8 Å². The zero-order valence-corrected chi connectivity index (χ0v) is 9.66. The maximum absolute atomic E-state index is 11.5. The van der Waals surface area contributed by atoms with Gasteiger partial charge in [0.1, 0.15) is 0 Å². The first-order valence-corrected chi connectivity index (χ1v) is 6.09. The van der Waals surface area contributed by atoms with Gasteiger partial charge < -0.3 is 5.11 Å². The van der Waals surface area contributed by atoms with Crippen LogP contribution in [0.5, 0.6) is 0 Å². The van der Waals surface area contributed by atoms with Gasteiger partial charge in [0.05, 0.1) is 5.75 Å².